The third-order valence-corrected chi connectivity index (χ3v) is 5.79. The Morgan fingerprint density at radius 2 is 1.94 bits per heavy atom. The highest BCUT2D eigenvalue weighted by molar-refractivity contribution is 8.18. The Morgan fingerprint density at radius 3 is 2.59 bits per heavy atom. The maximum atomic E-state index is 12.7. The molecule has 0 radical (unpaired) electrons. The molecule has 3 amide bonds. The van der Waals surface area contributed by atoms with E-state index in [2.05, 4.69) is 5.32 Å². The minimum atomic E-state index is -0.529. The molecule has 2 aromatic rings. The van der Waals surface area contributed by atoms with Crippen molar-refractivity contribution < 1.29 is 23.9 Å². The van der Waals surface area contributed by atoms with Gasteiger partial charge in [-0.1, -0.05) is 23.7 Å². The summed E-state index contributed by atoms with van der Waals surface area (Å²) < 4.78 is 11.0. The monoisotopic (exact) mass is 474 g/mol. The molecule has 0 saturated carbocycles. The summed E-state index contributed by atoms with van der Waals surface area (Å²) in [4.78, 5) is 38.6. The van der Waals surface area contributed by atoms with Gasteiger partial charge >= 0.3 is 0 Å². The first-order valence-corrected chi connectivity index (χ1v) is 11.0. The van der Waals surface area contributed by atoms with E-state index in [9.17, 15) is 14.4 Å². The molecular formula is C23H23ClN2O5S. The number of carbonyl (C=O) groups is 3. The molecule has 2 aromatic carbocycles. The van der Waals surface area contributed by atoms with Crippen LogP contribution in [0.1, 0.15) is 25.0 Å². The summed E-state index contributed by atoms with van der Waals surface area (Å²) in [5.74, 6) is 0.0762. The van der Waals surface area contributed by atoms with Crippen molar-refractivity contribution in [3.8, 4) is 11.5 Å². The number of benzene rings is 2. The normalized spacial score (nSPS) is 14.9. The fourth-order valence-corrected chi connectivity index (χ4v) is 3.95. The van der Waals surface area contributed by atoms with Crippen LogP contribution in [-0.2, 0) is 9.59 Å². The number of carbonyl (C=O) groups excluding carboxylic acids is 3. The second-order valence-electron chi connectivity index (χ2n) is 7.36. The van der Waals surface area contributed by atoms with Crippen LogP contribution in [0.4, 0.5) is 10.5 Å². The summed E-state index contributed by atoms with van der Waals surface area (Å²) in [6.45, 7) is 5.28. The zero-order valence-corrected chi connectivity index (χ0v) is 19.7. The molecule has 0 aromatic heterocycles. The van der Waals surface area contributed by atoms with Gasteiger partial charge in [0.1, 0.15) is 6.54 Å². The third-order valence-electron chi connectivity index (χ3n) is 4.48. The van der Waals surface area contributed by atoms with Gasteiger partial charge in [-0.05, 0) is 74.0 Å². The minimum Gasteiger partial charge on any atom is -0.493 e. The van der Waals surface area contributed by atoms with Crippen molar-refractivity contribution in [1.82, 2.24) is 4.90 Å². The molecule has 0 atom stereocenters. The van der Waals surface area contributed by atoms with E-state index < -0.39 is 23.6 Å². The van der Waals surface area contributed by atoms with Gasteiger partial charge in [-0.25, -0.2) is 0 Å². The van der Waals surface area contributed by atoms with Crippen molar-refractivity contribution in [3.63, 3.8) is 0 Å². The summed E-state index contributed by atoms with van der Waals surface area (Å²) in [6.07, 6.45) is 1.57. The lowest BCUT2D eigenvalue weighted by molar-refractivity contribution is -0.127. The Labute approximate surface area is 195 Å². The molecule has 7 nitrogen and oxygen atoms in total. The van der Waals surface area contributed by atoms with Gasteiger partial charge in [0.2, 0.25) is 5.91 Å². The zero-order chi connectivity index (χ0) is 23.4. The molecule has 3 rings (SSSR count). The summed E-state index contributed by atoms with van der Waals surface area (Å²) in [5.41, 5.74) is 2.03. The number of halogens is 1. The highest BCUT2D eigenvalue weighted by atomic mass is 35.5. The van der Waals surface area contributed by atoms with Crippen molar-refractivity contribution in [1.29, 1.82) is 0 Å². The van der Waals surface area contributed by atoms with Gasteiger partial charge < -0.3 is 14.8 Å². The molecule has 0 bridgehead atoms. The maximum Gasteiger partial charge on any atom is 0.294 e. The van der Waals surface area contributed by atoms with Crippen LogP contribution in [0, 0.1) is 6.92 Å². The molecule has 1 saturated heterocycles. The first kappa shape index (κ1) is 23.7. The topological polar surface area (TPSA) is 84.9 Å². The first-order chi connectivity index (χ1) is 15.2. The summed E-state index contributed by atoms with van der Waals surface area (Å²) in [5, 5.41) is 2.65. The number of nitrogens with zero attached hydrogens (tertiary/aromatic N) is 1. The number of hydrogen-bond acceptors (Lipinski definition) is 6. The maximum absolute atomic E-state index is 12.7. The van der Waals surface area contributed by atoms with Crippen molar-refractivity contribution in [2.24, 2.45) is 0 Å². The van der Waals surface area contributed by atoms with Crippen LogP contribution in [0.2, 0.25) is 5.02 Å². The number of imide groups is 1. The lowest BCUT2D eigenvalue weighted by atomic mass is 10.2. The molecule has 1 N–H and O–H groups in total. The van der Waals surface area contributed by atoms with Crippen LogP contribution in [0.3, 0.4) is 0 Å². The number of hydrogen-bond donors (Lipinski definition) is 1. The number of anilines is 1. The fourth-order valence-electron chi connectivity index (χ4n) is 2.93. The molecular weight excluding hydrogens is 452 g/mol. The van der Waals surface area contributed by atoms with E-state index >= 15 is 0 Å². The largest absolute Gasteiger partial charge is 0.493 e. The van der Waals surface area contributed by atoms with Crippen LogP contribution in [0.15, 0.2) is 41.3 Å². The lowest BCUT2D eigenvalue weighted by Crippen LogP contribution is -2.36. The lowest BCUT2D eigenvalue weighted by Gasteiger charge is -2.14. The first-order valence-electron chi connectivity index (χ1n) is 9.84. The molecule has 0 aliphatic carbocycles. The number of amides is 3. The second-order valence-corrected chi connectivity index (χ2v) is 8.76. The minimum absolute atomic E-state index is 0.0201. The predicted molar refractivity (Wildman–Crippen MR) is 126 cm³/mol. The quantitative estimate of drug-likeness (QED) is 0.560. The molecule has 0 spiro atoms. The molecule has 1 heterocycles. The summed E-state index contributed by atoms with van der Waals surface area (Å²) >= 11 is 6.85. The van der Waals surface area contributed by atoms with Crippen LogP contribution in [0.25, 0.3) is 6.08 Å². The van der Waals surface area contributed by atoms with Crippen LogP contribution >= 0.6 is 23.4 Å². The summed E-state index contributed by atoms with van der Waals surface area (Å²) in [6, 6.07) is 10.3. The Morgan fingerprint density at radius 1 is 1.19 bits per heavy atom. The molecule has 168 valence electrons. The van der Waals surface area contributed by atoms with Crippen molar-refractivity contribution in [2.75, 3.05) is 19.0 Å². The van der Waals surface area contributed by atoms with E-state index in [-0.39, 0.29) is 11.0 Å². The third kappa shape index (κ3) is 5.63. The van der Waals surface area contributed by atoms with Crippen molar-refractivity contribution in [3.05, 3.63) is 57.5 Å². The van der Waals surface area contributed by atoms with Gasteiger partial charge in [0, 0.05) is 10.7 Å². The predicted octanol–water partition coefficient (Wildman–Crippen LogP) is 5.12. The Bertz CT molecular complexity index is 1100. The summed E-state index contributed by atoms with van der Waals surface area (Å²) in [7, 11) is 1.53. The van der Waals surface area contributed by atoms with Gasteiger partial charge in [0.15, 0.2) is 11.5 Å². The average Bonchev–Trinajstić information content (AvgIpc) is 2.98. The molecule has 1 fully saturated rings. The molecule has 9 heteroatoms. The highest BCUT2D eigenvalue weighted by Crippen LogP contribution is 2.34. The Kier molecular flexibility index (Phi) is 7.48. The van der Waals surface area contributed by atoms with Gasteiger partial charge in [0.25, 0.3) is 11.1 Å². The van der Waals surface area contributed by atoms with Gasteiger partial charge in [-0.3, -0.25) is 19.3 Å². The van der Waals surface area contributed by atoms with Crippen LogP contribution in [-0.4, -0.2) is 41.7 Å². The number of rotatable bonds is 7. The molecule has 32 heavy (non-hydrogen) atoms. The van der Waals surface area contributed by atoms with Crippen molar-refractivity contribution in [2.45, 2.75) is 26.9 Å². The molecule has 0 unspecified atom stereocenters. The van der Waals surface area contributed by atoms with E-state index in [0.717, 1.165) is 22.2 Å². The van der Waals surface area contributed by atoms with E-state index in [1.807, 2.05) is 20.8 Å². The smallest absolute Gasteiger partial charge is 0.294 e. The van der Waals surface area contributed by atoms with Crippen LogP contribution in [0.5, 0.6) is 11.5 Å². The van der Waals surface area contributed by atoms with Gasteiger partial charge in [-0.15, -0.1) is 0 Å². The van der Waals surface area contributed by atoms with Crippen molar-refractivity contribution >= 4 is 52.2 Å². The standard InChI is InChI=1S/C23H23ClN2O5S/c1-13(2)31-18-8-6-15(9-19(18)30-4)10-20-22(28)26(23(29)32-20)12-21(27)25-16-7-5-14(3)17(24)11-16/h5-11,13H,12H2,1-4H3,(H,25,27)/b20-10+. The molecule has 1 aliphatic rings. The van der Waals surface area contributed by atoms with E-state index in [1.54, 1.807) is 42.5 Å². The van der Waals surface area contributed by atoms with Gasteiger partial charge in [-0.2, -0.15) is 0 Å². The Balaban J connectivity index is 1.71. The molecule has 1 aliphatic heterocycles. The Hall–Kier alpha value is -2.97. The van der Waals surface area contributed by atoms with Gasteiger partial charge in [0.05, 0.1) is 18.1 Å². The highest BCUT2D eigenvalue weighted by Gasteiger charge is 2.36. The number of methoxy groups -OCH3 is 1. The number of aryl methyl sites for hydroxylation is 1. The second kappa shape index (κ2) is 10.1. The number of ether oxygens (including phenoxy) is 2. The van der Waals surface area contributed by atoms with E-state index in [0.29, 0.717) is 27.8 Å². The zero-order valence-electron chi connectivity index (χ0n) is 18.1. The SMILES string of the molecule is COc1cc(/C=C2/SC(=O)N(CC(=O)Nc3ccc(C)c(Cl)c3)C2=O)ccc1OC(C)C. The van der Waals surface area contributed by atoms with E-state index in [1.165, 1.54) is 7.11 Å². The number of thioether (sulfide) groups is 1. The average molecular weight is 475 g/mol. The number of nitrogens with one attached hydrogen (secondary N) is 1. The van der Waals surface area contributed by atoms with E-state index in [4.69, 9.17) is 21.1 Å². The van der Waals surface area contributed by atoms with Crippen LogP contribution < -0.4 is 14.8 Å². The fraction of sp³-hybridized carbons (Fsp3) is 0.261.